The Labute approximate surface area is 133 Å². The molecule has 0 bridgehead atoms. The van der Waals surface area contributed by atoms with E-state index in [1.165, 1.54) is 0 Å². The Balaban J connectivity index is 1.91. The van der Waals surface area contributed by atoms with Gasteiger partial charge in [0.05, 0.1) is 11.4 Å². The van der Waals surface area contributed by atoms with Crippen LogP contribution in [0.4, 0.5) is 5.69 Å². The highest BCUT2D eigenvalue weighted by Crippen LogP contribution is 2.29. The van der Waals surface area contributed by atoms with Gasteiger partial charge >= 0.3 is 0 Å². The minimum absolute atomic E-state index is 0.247. The molecule has 0 fully saturated rings. The van der Waals surface area contributed by atoms with Gasteiger partial charge < -0.3 is 5.11 Å². The maximum Gasteiger partial charge on any atom is 0.132 e. The predicted octanol–water partition coefficient (Wildman–Crippen LogP) is 5.03. The minimum Gasteiger partial charge on any atom is -0.507 e. The van der Waals surface area contributed by atoms with E-state index in [1.54, 1.807) is 12.1 Å². The number of hydrogen-bond donors (Lipinski definition) is 2. The topological polar surface area (TPSA) is 44.6 Å². The number of phenols is 1. The number of anilines is 1. The molecule has 22 heavy (non-hydrogen) atoms. The van der Waals surface area contributed by atoms with E-state index in [-0.39, 0.29) is 5.75 Å². The van der Waals surface area contributed by atoms with Crippen LogP contribution in [0.3, 0.4) is 0 Å². The molecule has 0 radical (unpaired) electrons. The zero-order valence-electron chi connectivity index (χ0n) is 12.0. The van der Waals surface area contributed by atoms with Crippen LogP contribution in [-0.4, -0.2) is 10.8 Å². The summed E-state index contributed by atoms with van der Waals surface area (Å²) in [5.41, 5.74) is 5.22. The molecular formula is C18H15ClN2O. The van der Waals surface area contributed by atoms with Gasteiger partial charge in [0.15, 0.2) is 0 Å². The Hall–Kier alpha value is -2.52. The molecule has 0 heterocycles. The quantitative estimate of drug-likeness (QED) is 0.526. The maximum absolute atomic E-state index is 10.4. The van der Waals surface area contributed by atoms with Gasteiger partial charge in [0.2, 0.25) is 0 Å². The first-order chi connectivity index (χ1) is 10.6. The third-order valence-electron chi connectivity index (χ3n) is 3.49. The van der Waals surface area contributed by atoms with E-state index in [9.17, 15) is 5.11 Å². The first kappa shape index (κ1) is 14.4. The number of phenolic OH excluding ortho intramolecular Hbond substituents is 1. The molecule has 3 aromatic carbocycles. The Morgan fingerprint density at radius 1 is 1.00 bits per heavy atom. The predicted molar refractivity (Wildman–Crippen MR) is 92.9 cm³/mol. The fourth-order valence-corrected chi connectivity index (χ4v) is 2.41. The monoisotopic (exact) mass is 310 g/mol. The van der Waals surface area contributed by atoms with Gasteiger partial charge in [0.25, 0.3) is 0 Å². The fraction of sp³-hybridized carbons (Fsp3) is 0.0556. The molecule has 0 saturated heterocycles. The lowest BCUT2D eigenvalue weighted by Gasteiger charge is -2.08. The van der Waals surface area contributed by atoms with E-state index in [2.05, 4.69) is 10.5 Å². The van der Waals surface area contributed by atoms with Gasteiger partial charge in [0, 0.05) is 16.0 Å². The van der Waals surface area contributed by atoms with Crippen molar-refractivity contribution < 1.29 is 5.11 Å². The number of halogens is 1. The lowest BCUT2D eigenvalue weighted by Crippen LogP contribution is -2.00. The third kappa shape index (κ3) is 2.90. The molecule has 0 atom stereocenters. The molecule has 0 amide bonds. The lowest BCUT2D eigenvalue weighted by molar-refractivity contribution is 0.480. The standard InChI is InChI=1S/C18H15ClN2O/c1-12(20-21-15-9-7-14(19)8-10-15)16-11-6-13-4-2-3-5-17(13)18(16)22/h2-11,21-22H,1H3/b20-12+. The molecule has 0 saturated carbocycles. The summed E-state index contributed by atoms with van der Waals surface area (Å²) in [5, 5.41) is 17.3. The molecule has 3 nitrogen and oxygen atoms in total. The van der Waals surface area contributed by atoms with Crippen LogP contribution in [0.1, 0.15) is 12.5 Å². The van der Waals surface area contributed by atoms with E-state index in [0.29, 0.717) is 16.3 Å². The van der Waals surface area contributed by atoms with Crippen LogP contribution in [0.5, 0.6) is 5.75 Å². The van der Waals surface area contributed by atoms with Gasteiger partial charge in [-0.25, -0.2) is 0 Å². The van der Waals surface area contributed by atoms with Crippen molar-refractivity contribution >= 4 is 33.8 Å². The highest BCUT2D eigenvalue weighted by Gasteiger charge is 2.08. The summed E-state index contributed by atoms with van der Waals surface area (Å²) in [6.07, 6.45) is 0. The Morgan fingerprint density at radius 3 is 2.50 bits per heavy atom. The Bertz CT molecular complexity index is 841. The molecule has 3 rings (SSSR count). The molecule has 0 aromatic heterocycles. The lowest BCUT2D eigenvalue weighted by atomic mass is 10.0. The molecule has 4 heteroatoms. The van der Waals surface area contributed by atoms with Gasteiger partial charge in [-0.05, 0) is 42.6 Å². The molecular weight excluding hydrogens is 296 g/mol. The van der Waals surface area contributed by atoms with Crippen molar-refractivity contribution in [2.45, 2.75) is 6.92 Å². The largest absolute Gasteiger partial charge is 0.507 e. The van der Waals surface area contributed by atoms with E-state index in [1.807, 2.05) is 55.5 Å². The average molecular weight is 311 g/mol. The van der Waals surface area contributed by atoms with Crippen LogP contribution in [0, 0.1) is 0 Å². The summed E-state index contributed by atoms with van der Waals surface area (Å²) in [7, 11) is 0. The first-order valence-corrected chi connectivity index (χ1v) is 7.30. The molecule has 0 spiro atoms. The SMILES string of the molecule is C/C(=N\Nc1ccc(Cl)cc1)c1ccc2ccccc2c1O. The van der Waals surface area contributed by atoms with Crippen molar-refractivity contribution in [2.75, 3.05) is 5.43 Å². The second kappa shape index (κ2) is 6.08. The maximum atomic E-state index is 10.4. The van der Waals surface area contributed by atoms with E-state index >= 15 is 0 Å². The van der Waals surface area contributed by atoms with Crippen LogP contribution in [0.15, 0.2) is 65.8 Å². The van der Waals surface area contributed by atoms with E-state index in [4.69, 9.17) is 11.6 Å². The van der Waals surface area contributed by atoms with Crippen LogP contribution < -0.4 is 5.43 Å². The summed E-state index contributed by atoms with van der Waals surface area (Å²) < 4.78 is 0. The number of nitrogens with one attached hydrogen (secondary N) is 1. The van der Waals surface area contributed by atoms with Crippen LogP contribution in [0.2, 0.25) is 5.02 Å². The Kier molecular flexibility index (Phi) is 3.98. The van der Waals surface area contributed by atoms with Gasteiger partial charge in [0.1, 0.15) is 5.75 Å². The van der Waals surface area contributed by atoms with Crippen molar-refractivity contribution in [3.05, 3.63) is 71.2 Å². The zero-order valence-corrected chi connectivity index (χ0v) is 12.8. The Morgan fingerprint density at radius 2 is 1.73 bits per heavy atom. The van der Waals surface area contributed by atoms with Crippen molar-refractivity contribution in [1.82, 2.24) is 0 Å². The smallest absolute Gasteiger partial charge is 0.132 e. The summed E-state index contributed by atoms with van der Waals surface area (Å²) >= 11 is 5.85. The number of benzene rings is 3. The molecule has 0 aliphatic carbocycles. The van der Waals surface area contributed by atoms with Crippen LogP contribution in [0.25, 0.3) is 10.8 Å². The summed E-state index contributed by atoms with van der Waals surface area (Å²) in [4.78, 5) is 0. The fourth-order valence-electron chi connectivity index (χ4n) is 2.28. The number of nitrogens with zero attached hydrogens (tertiary/aromatic N) is 1. The van der Waals surface area contributed by atoms with Gasteiger partial charge in [-0.2, -0.15) is 5.10 Å². The number of fused-ring (bicyclic) bond motifs is 1. The molecule has 3 aromatic rings. The molecule has 0 aliphatic rings. The third-order valence-corrected chi connectivity index (χ3v) is 3.74. The van der Waals surface area contributed by atoms with Crippen molar-refractivity contribution in [2.24, 2.45) is 5.10 Å². The molecule has 110 valence electrons. The number of hydrazone groups is 1. The van der Waals surface area contributed by atoms with Gasteiger partial charge in [-0.15, -0.1) is 0 Å². The van der Waals surface area contributed by atoms with Crippen molar-refractivity contribution in [3.63, 3.8) is 0 Å². The summed E-state index contributed by atoms with van der Waals surface area (Å²) in [6, 6.07) is 18.9. The number of rotatable bonds is 3. The van der Waals surface area contributed by atoms with Crippen LogP contribution >= 0.6 is 11.6 Å². The number of aromatic hydroxyl groups is 1. The normalized spacial score (nSPS) is 11.6. The van der Waals surface area contributed by atoms with E-state index < -0.39 is 0 Å². The highest BCUT2D eigenvalue weighted by molar-refractivity contribution is 6.30. The summed E-state index contributed by atoms with van der Waals surface area (Å²) in [5.74, 6) is 0.247. The van der Waals surface area contributed by atoms with E-state index in [0.717, 1.165) is 16.5 Å². The number of hydrogen-bond acceptors (Lipinski definition) is 3. The van der Waals surface area contributed by atoms with Crippen molar-refractivity contribution in [1.29, 1.82) is 0 Å². The minimum atomic E-state index is 0.247. The van der Waals surface area contributed by atoms with Crippen LogP contribution in [-0.2, 0) is 0 Å². The second-order valence-electron chi connectivity index (χ2n) is 5.00. The van der Waals surface area contributed by atoms with Gasteiger partial charge in [-0.3, -0.25) is 5.43 Å². The zero-order chi connectivity index (χ0) is 15.5. The van der Waals surface area contributed by atoms with Gasteiger partial charge in [-0.1, -0.05) is 41.9 Å². The molecule has 2 N–H and O–H groups in total. The molecule has 0 aliphatic heterocycles. The van der Waals surface area contributed by atoms with Crippen molar-refractivity contribution in [3.8, 4) is 5.75 Å². The molecule has 0 unspecified atom stereocenters. The average Bonchev–Trinajstić information content (AvgIpc) is 2.55. The highest BCUT2D eigenvalue weighted by atomic mass is 35.5. The summed E-state index contributed by atoms with van der Waals surface area (Å²) in [6.45, 7) is 1.85. The first-order valence-electron chi connectivity index (χ1n) is 6.92. The second-order valence-corrected chi connectivity index (χ2v) is 5.44.